The molecule has 0 saturated heterocycles. The van der Waals surface area contributed by atoms with Crippen molar-refractivity contribution in [3.63, 3.8) is 0 Å². The van der Waals surface area contributed by atoms with E-state index >= 15 is 0 Å². The molecule has 1 atom stereocenters. The molecule has 1 N–H and O–H groups in total. The van der Waals surface area contributed by atoms with Crippen molar-refractivity contribution in [2.45, 2.75) is 53.0 Å². The lowest BCUT2D eigenvalue weighted by molar-refractivity contribution is -0.123. The smallest absolute Gasteiger partial charge is 0.220 e. The van der Waals surface area contributed by atoms with E-state index in [4.69, 9.17) is 0 Å². The molecular formula is C12H23NOS. The number of carbonyl (C=O) groups excluding carboxylic acids is 1. The van der Waals surface area contributed by atoms with Gasteiger partial charge in [0.1, 0.15) is 0 Å². The fourth-order valence-corrected chi connectivity index (χ4v) is 1.85. The number of nitrogens with one attached hydrogen (secondary N) is 1. The molecule has 0 aromatic heterocycles. The molecule has 0 heterocycles. The summed E-state index contributed by atoms with van der Waals surface area (Å²) < 4.78 is 0. The Morgan fingerprint density at radius 3 is 2.33 bits per heavy atom. The van der Waals surface area contributed by atoms with Crippen LogP contribution in [0.4, 0.5) is 0 Å². The van der Waals surface area contributed by atoms with Gasteiger partial charge in [-0.15, -0.1) is 0 Å². The van der Waals surface area contributed by atoms with E-state index in [1.165, 1.54) is 0 Å². The molecule has 0 aliphatic heterocycles. The Bertz CT molecular complexity index is 240. The first-order chi connectivity index (χ1) is 6.79. The molecular weight excluding hydrogens is 206 g/mol. The van der Waals surface area contributed by atoms with Gasteiger partial charge in [-0.25, -0.2) is 0 Å². The third kappa shape index (κ3) is 3.71. The summed E-state index contributed by atoms with van der Waals surface area (Å²) in [6.45, 7) is 8.49. The maximum atomic E-state index is 11.8. The SMILES string of the molecule is CC(NC(=O)CC1(CS)CC1)C(C)(C)C. The maximum Gasteiger partial charge on any atom is 0.220 e. The molecule has 1 amide bonds. The summed E-state index contributed by atoms with van der Waals surface area (Å²) in [5.41, 5.74) is 0.359. The first-order valence-electron chi connectivity index (χ1n) is 5.69. The molecule has 0 aromatic carbocycles. The van der Waals surface area contributed by atoms with Crippen LogP contribution >= 0.6 is 12.6 Å². The van der Waals surface area contributed by atoms with Gasteiger partial charge in [0.2, 0.25) is 5.91 Å². The van der Waals surface area contributed by atoms with E-state index in [1.807, 2.05) is 0 Å². The van der Waals surface area contributed by atoms with E-state index in [9.17, 15) is 4.79 Å². The molecule has 0 spiro atoms. The van der Waals surface area contributed by atoms with Gasteiger partial charge in [0.25, 0.3) is 0 Å². The van der Waals surface area contributed by atoms with E-state index in [2.05, 4.69) is 45.6 Å². The van der Waals surface area contributed by atoms with Gasteiger partial charge in [0, 0.05) is 12.5 Å². The lowest BCUT2D eigenvalue weighted by atomic mass is 9.88. The number of amides is 1. The number of hydrogen-bond donors (Lipinski definition) is 2. The van der Waals surface area contributed by atoms with Crippen molar-refractivity contribution in [1.82, 2.24) is 5.32 Å². The number of rotatable bonds is 4. The average molecular weight is 229 g/mol. The van der Waals surface area contributed by atoms with Crippen LogP contribution in [0.15, 0.2) is 0 Å². The van der Waals surface area contributed by atoms with Crippen LogP contribution in [-0.2, 0) is 4.79 Å². The Balaban J connectivity index is 2.36. The van der Waals surface area contributed by atoms with Crippen LogP contribution in [0.1, 0.15) is 47.0 Å². The molecule has 0 bridgehead atoms. The van der Waals surface area contributed by atoms with Gasteiger partial charge in [-0.05, 0) is 36.3 Å². The van der Waals surface area contributed by atoms with Crippen LogP contribution in [0.5, 0.6) is 0 Å². The summed E-state index contributed by atoms with van der Waals surface area (Å²) in [7, 11) is 0. The van der Waals surface area contributed by atoms with E-state index in [-0.39, 0.29) is 22.8 Å². The molecule has 15 heavy (non-hydrogen) atoms. The highest BCUT2D eigenvalue weighted by atomic mass is 32.1. The molecule has 3 heteroatoms. The highest BCUT2D eigenvalue weighted by Gasteiger charge is 2.43. The van der Waals surface area contributed by atoms with Crippen molar-refractivity contribution < 1.29 is 4.79 Å². The molecule has 1 fully saturated rings. The molecule has 88 valence electrons. The minimum atomic E-state index is 0.132. The van der Waals surface area contributed by atoms with Crippen LogP contribution in [0.3, 0.4) is 0 Å². The topological polar surface area (TPSA) is 29.1 Å². The van der Waals surface area contributed by atoms with E-state index in [0.717, 1.165) is 18.6 Å². The highest BCUT2D eigenvalue weighted by Crippen LogP contribution is 2.49. The molecule has 1 unspecified atom stereocenters. The number of thiol groups is 1. The predicted octanol–water partition coefficient (Wildman–Crippen LogP) is 2.64. The second-order valence-corrected chi connectivity index (χ2v) is 6.31. The van der Waals surface area contributed by atoms with Gasteiger partial charge in [0.05, 0.1) is 0 Å². The van der Waals surface area contributed by atoms with E-state index in [0.29, 0.717) is 6.42 Å². The molecule has 1 aliphatic rings. The Kier molecular flexibility index (Phi) is 3.75. The van der Waals surface area contributed by atoms with Crippen LogP contribution < -0.4 is 5.32 Å². The highest BCUT2D eigenvalue weighted by molar-refractivity contribution is 7.80. The monoisotopic (exact) mass is 229 g/mol. The Morgan fingerprint density at radius 1 is 1.47 bits per heavy atom. The van der Waals surface area contributed by atoms with Gasteiger partial charge < -0.3 is 5.32 Å². The first-order valence-corrected chi connectivity index (χ1v) is 6.33. The summed E-state index contributed by atoms with van der Waals surface area (Å²) >= 11 is 4.31. The van der Waals surface area contributed by atoms with Crippen LogP contribution in [0, 0.1) is 10.8 Å². The molecule has 0 radical (unpaired) electrons. The normalized spacial score (nSPS) is 20.9. The van der Waals surface area contributed by atoms with E-state index < -0.39 is 0 Å². The van der Waals surface area contributed by atoms with Crippen molar-refractivity contribution >= 4 is 18.5 Å². The standard InChI is InChI=1S/C12H23NOS/c1-9(11(2,3)4)13-10(14)7-12(8-15)5-6-12/h9,15H,5-8H2,1-4H3,(H,13,14). The first kappa shape index (κ1) is 12.9. The quantitative estimate of drug-likeness (QED) is 0.713. The van der Waals surface area contributed by atoms with Gasteiger partial charge in [-0.3, -0.25) is 4.79 Å². The summed E-state index contributed by atoms with van der Waals surface area (Å²) in [5, 5.41) is 3.08. The Hall–Kier alpha value is -0.180. The molecule has 1 saturated carbocycles. The minimum absolute atomic E-state index is 0.132. The van der Waals surface area contributed by atoms with E-state index in [1.54, 1.807) is 0 Å². The van der Waals surface area contributed by atoms with Gasteiger partial charge in [0.15, 0.2) is 0 Å². The fourth-order valence-electron chi connectivity index (χ4n) is 1.42. The summed E-state index contributed by atoms with van der Waals surface area (Å²) in [5.74, 6) is 1.02. The van der Waals surface area contributed by atoms with Crippen LogP contribution in [0.25, 0.3) is 0 Å². The average Bonchev–Trinajstić information content (AvgIpc) is 2.83. The zero-order valence-electron chi connectivity index (χ0n) is 10.3. The van der Waals surface area contributed by atoms with Crippen molar-refractivity contribution in [2.24, 2.45) is 10.8 Å². The lowest BCUT2D eigenvalue weighted by Crippen LogP contribution is -2.42. The fraction of sp³-hybridized carbons (Fsp3) is 0.917. The number of hydrogen-bond acceptors (Lipinski definition) is 2. The molecule has 1 aliphatic carbocycles. The molecule has 1 rings (SSSR count). The zero-order chi connectivity index (χ0) is 11.7. The third-order valence-electron chi connectivity index (χ3n) is 3.50. The summed E-state index contributed by atoms with van der Waals surface area (Å²) in [6.07, 6.45) is 2.97. The third-order valence-corrected chi connectivity index (χ3v) is 4.18. The largest absolute Gasteiger partial charge is 0.353 e. The van der Waals surface area contributed by atoms with Crippen LogP contribution in [-0.4, -0.2) is 17.7 Å². The van der Waals surface area contributed by atoms with Crippen molar-refractivity contribution in [3.8, 4) is 0 Å². The van der Waals surface area contributed by atoms with Gasteiger partial charge in [-0.2, -0.15) is 12.6 Å². The Labute approximate surface area is 98.6 Å². The summed E-state index contributed by atoms with van der Waals surface area (Å²) in [4.78, 5) is 11.8. The minimum Gasteiger partial charge on any atom is -0.353 e. The predicted molar refractivity (Wildman–Crippen MR) is 67.2 cm³/mol. The van der Waals surface area contributed by atoms with Gasteiger partial charge in [-0.1, -0.05) is 20.8 Å². The van der Waals surface area contributed by atoms with Crippen molar-refractivity contribution in [2.75, 3.05) is 5.75 Å². The summed E-state index contributed by atoms with van der Waals surface area (Å²) in [6, 6.07) is 0.223. The number of carbonyl (C=O) groups is 1. The second kappa shape index (κ2) is 4.36. The van der Waals surface area contributed by atoms with Gasteiger partial charge >= 0.3 is 0 Å². The van der Waals surface area contributed by atoms with Crippen molar-refractivity contribution in [3.05, 3.63) is 0 Å². The van der Waals surface area contributed by atoms with Crippen LogP contribution in [0.2, 0.25) is 0 Å². The second-order valence-electron chi connectivity index (χ2n) is 5.99. The van der Waals surface area contributed by atoms with Crippen molar-refractivity contribution in [1.29, 1.82) is 0 Å². The molecule has 0 aromatic rings. The molecule has 2 nitrogen and oxygen atoms in total. The lowest BCUT2D eigenvalue weighted by Gasteiger charge is -2.28. The Morgan fingerprint density at radius 2 is 2.00 bits per heavy atom. The zero-order valence-corrected chi connectivity index (χ0v) is 11.2. The maximum absolute atomic E-state index is 11.8.